The summed E-state index contributed by atoms with van der Waals surface area (Å²) in [6, 6.07) is 6.25. The molecule has 3 rings (SSSR count). The highest BCUT2D eigenvalue weighted by atomic mass is 16.1. The Morgan fingerprint density at radius 2 is 2.07 bits per heavy atom. The molecular weight excluding hydrogens is 172 g/mol. The topological polar surface area (TPSA) is 17.1 Å². The number of benzene rings is 1. The molecule has 0 amide bonds. The van der Waals surface area contributed by atoms with Gasteiger partial charge in [0.2, 0.25) is 0 Å². The zero-order valence-electron chi connectivity index (χ0n) is 8.25. The van der Waals surface area contributed by atoms with Crippen LogP contribution in [0.15, 0.2) is 18.2 Å². The SMILES string of the molecule is O=C1CCCC2CCc3cccc1c32. The van der Waals surface area contributed by atoms with Crippen LogP contribution in [-0.2, 0) is 6.42 Å². The van der Waals surface area contributed by atoms with E-state index in [4.69, 9.17) is 0 Å². The lowest BCUT2D eigenvalue weighted by molar-refractivity contribution is 0.0982. The van der Waals surface area contributed by atoms with E-state index in [1.165, 1.54) is 30.4 Å². The van der Waals surface area contributed by atoms with Crippen LogP contribution < -0.4 is 0 Å². The fraction of sp³-hybridized carbons (Fsp3) is 0.462. The second-order valence-electron chi connectivity index (χ2n) is 4.43. The van der Waals surface area contributed by atoms with Crippen LogP contribution in [0.25, 0.3) is 0 Å². The second kappa shape index (κ2) is 2.94. The monoisotopic (exact) mass is 186 g/mol. The molecule has 0 N–H and O–H groups in total. The summed E-state index contributed by atoms with van der Waals surface area (Å²) in [7, 11) is 0. The molecule has 2 aliphatic carbocycles. The number of Topliss-reactive ketones (excluding diaryl/α,β-unsaturated/α-hetero) is 1. The fourth-order valence-electron chi connectivity index (χ4n) is 2.96. The van der Waals surface area contributed by atoms with Crippen LogP contribution in [-0.4, -0.2) is 5.78 Å². The van der Waals surface area contributed by atoms with E-state index >= 15 is 0 Å². The molecule has 1 aromatic rings. The molecule has 1 atom stereocenters. The highest BCUT2D eigenvalue weighted by Crippen LogP contribution is 2.41. The van der Waals surface area contributed by atoms with Gasteiger partial charge in [0.05, 0.1) is 0 Å². The summed E-state index contributed by atoms with van der Waals surface area (Å²) < 4.78 is 0. The predicted octanol–water partition coefficient (Wildman–Crippen LogP) is 3.08. The molecule has 14 heavy (non-hydrogen) atoms. The Morgan fingerprint density at radius 1 is 1.14 bits per heavy atom. The standard InChI is InChI=1S/C13H14O/c14-12-6-2-4-10-8-7-9-3-1-5-11(12)13(9)10/h1,3,5,10H,2,4,6-8H2. The number of hydrogen-bond donors (Lipinski definition) is 0. The lowest BCUT2D eigenvalue weighted by Gasteiger charge is -2.09. The molecule has 2 aliphatic rings. The van der Waals surface area contributed by atoms with Gasteiger partial charge in [-0.15, -0.1) is 0 Å². The number of ketones is 1. The highest BCUT2D eigenvalue weighted by molar-refractivity contribution is 5.98. The number of carbonyl (C=O) groups excluding carboxylic acids is 1. The van der Waals surface area contributed by atoms with E-state index in [1.807, 2.05) is 12.1 Å². The van der Waals surface area contributed by atoms with Crippen molar-refractivity contribution in [3.05, 3.63) is 34.9 Å². The average Bonchev–Trinajstić information content (AvgIpc) is 2.53. The molecule has 1 unspecified atom stereocenters. The van der Waals surface area contributed by atoms with Gasteiger partial charge in [-0.25, -0.2) is 0 Å². The normalized spacial score (nSPS) is 24.6. The molecule has 0 heterocycles. The highest BCUT2D eigenvalue weighted by Gasteiger charge is 2.29. The third-order valence-corrected chi connectivity index (χ3v) is 3.62. The van der Waals surface area contributed by atoms with Gasteiger partial charge in [0, 0.05) is 12.0 Å². The van der Waals surface area contributed by atoms with Crippen LogP contribution >= 0.6 is 0 Å². The van der Waals surface area contributed by atoms with E-state index in [-0.39, 0.29) is 0 Å². The first-order valence-electron chi connectivity index (χ1n) is 5.51. The molecule has 0 spiro atoms. The number of aryl methyl sites for hydroxylation is 1. The Morgan fingerprint density at radius 3 is 3.00 bits per heavy atom. The summed E-state index contributed by atoms with van der Waals surface area (Å²) >= 11 is 0. The van der Waals surface area contributed by atoms with E-state index in [2.05, 4.69) is 6.07 Å². The van der Waals surface area contributed by atoms with Crippen molar-refractivity contribution in [3.8, 4) is 0 Å². The molecule has 0 saturated heterocycles. The fourth-order valence-corrected chi connectivity index (χ4v) is 2.96. The Kier molecular flexibility index (Phi) is 1.73. The van der Waals surface area contributed by atoms with Crippen molar-refractivity contribution in [2.75, 3.05) is 0 Å². The Hall–Kier alpha value is -1.11. The molecule has 0 saturated carbocycles. The second-order valence-corrected chi connectivity index (χ2v) is 4.43. The summed E-state index contributed by atoms with van der Waals surface area (Å²) in [5, 5.41) is 0. The van der Waals surface area contributed by atoms with Gasteiger partial charge in [-0.05, 0) is 42.7 Å². The van der Waals surface area contributed by atoms with Crippen LogP contribution in [0.5, 0.6) is 0 Å². The Balaban J connectivity index is 2.23. The van der Waals surface area contributed by atoms with E-state index < -0.39 is 0 Å². The van der Waals surface area contributed by atoms with Crippen LogP contribution in [0.1, 0.15) is 53.1 Å². The van der Waals surface area contributed by atoms with Gasteiger partial charge in [-0.2, -0.15) is 0 Å². The van der Waals surface area contributed by atoms with Crippen LogP contribution in [0.3, 0.4) is 0 Å². The zero-order valence-corrected chi connectivity index (χ0v) is 8.25. The molecule has 0 aromatic heterocycles. The summed E-state index contributed by atoms with van der Waals surface area (Å²) in [5.41, 5.74) is 3.86. The summed E-state index contributed by atoms with van der Waals surface area (Å²) in [5.74, 6) is 1.05. The Labute approximate surface area is 84.1 Å². The number of rotatable bonds is 0. The van der Waals surface area contributed by atoms with Crippen molar-refractivity contribution in [1.29, 1.82) is 0 Å². The van der Waals surface area contributed by atoms with Crippen molar-refractivity contribution >= 4 is 5.78 Å². The molecule has 0 aliphatic heterocycles. The van der Waals surface area contributed by atoms with Gasteiger partial charge in [-0.1, -0.05) is 18.2 Å². The van der Waals surface area contributed by atoms with E-state index in [0.717, 1.165) is 18.4 Å². The third-order valence-electron chi connectivity index (χ3n) is 3.62. The third kappa shape index (κ3) is 1.05. The molecular formula is C13H14O. The van der Waals surface area contributed by atoms with Crippen LogP contribution in [0.2, 0.25) is 0 Å². The van der Waals surface area contributed by atoms with Crippen molar-refractivity contribution in [2.24, 2.45) is 0 Å². The maximum absolute atomic E-state index is 11.8. The molecule has 72 valence electrons. The van der Waals surface area contributed by atoms with E-state index in [0.29, 0.717) is 11.7 Å². The van der Waals surface area contributed by atoms with E-state index in [9.17, 15) is 4.79 Å². The molecule has 0 bridgehead atoms. The molecule has 0 fully saturated rings. The quantitative estimate of drug-likeness (QED) is 0.608. The first-order valence-corrected chi connectivity index (χ1v) is 5.51. The van der Waals surface area contributed by atoms with Gasteiger partial charge in [-0.3, -0.25) is 4.79 Å². The first kappa shape index (κ1) is 8.22. The minimum absolute atomic E-state index is 0.367. The summed E-state index contributed by atoms with van der Waals surface area (Å²) in [4.78, 5) is 11.8. The van der Waals surface area contributed by atoms with E-state index in [1.54, 1.807) is 0 Å². The number of hydrogen-bond acceptors (Lipinski definition) is 1. The minimum Gasteiger partial charge on any atom is -0.294 e. The number of carbonyl (C=O) groups is 1. The zero-order chi connectivity index (χ0) is 9.54. The van der Waals surface area contributed by atoms with Crippen molar-refractivity contribution < 1.29 is 4.79 Å². The smallest absolute Gasteiger partial charge is 0.163 e. The largest absolute Gasteiger partial charge is 0.294 e. The maximum Gasteiger partial charge on any atom is 0.163 e. The van der Waals surface area contributed by atoms with Gasteiger partial charge in [0.15, 0.2) is 5.78 Å². The molecule has 1 heteroatoms. The van der Waals surface area contributed by atoms with Gasteiger partial charge in [0.1, 0.15) is 0 Å². The first-order chi connectivity index (χ1) is 6.86. The van der Waals surface area contributed by atoms with Crippen LogP contribution in [0.4, 0.5) is 0 Å². The maximum atomic E-state index is 11.8. The molecule has 1 aromatic carbocycles. The Bertz CT molecular complexity index is 392. The van der Waals surface area contributed by atoms with Gasteiger partial charge < -0.3 is 0 Å². The van der Waals surface area contributed by atoms with Gasteiger partial charge in [0.25, 0.3) is 0 Å². The molecule has 0 radical (unpaired) electrons. The minimum atomic E-state index is 0.367. The van der Waals surface area contributed by atoms with Crippen molar-refractivity contribution in [3.63, 3.8) is 0 Å². The lowest BCUT2D eigenvalue weighted by atomic mass is 9.94. The van der Waals surface area contributed by atoms with Gasteiger partial charge >= 0.3 is 0 Å². The van der Waals surface area contributed by atoms with Crippen molar-refractivity contribution in [1.82, 2.24) is 0 Å². The predicted molar refractivity (Wildman–Crippen MR) is 55.7 cm³/mol. The summed E-state index contributed by atoms with van der Waals surface area (Å²) in [6.07, 6.45) is 5.50. The van der Waals surface area contributed by atoms with Crippen molar-refractivity contribution in [2.45, 2.75) is 38.0 Å². The summed E-state index contributed by atoms with van der Waals surface area (Å²) in [6.45, 7) is 0. The average molecular weight is 186 g/mol. The molecule has 1 nitrogen and oxygen atoms in total. The lowest BCUT2D eigenvalue weighted by Crippen LogP contribution is -2.01. The van der Waals surface area contributed by atoms with Crippen LogP contribution in [0, 0.1) is 0 Å².